The average Bonchev–Trinajstić information content (AvgIpc) is 2.71. The highest BCUT2D eigenvalue weighted by Gasteiger charge is 2.32. The first kappa shape index (κ1) is 21.1. The van der Waals surface area contributed by atoms with Crippen molar-refractivity contribution in [2.75, 3.05) is 11.4 Å². The Morgan fingerprint density at radius 2 is 1.69 bits per heavy atom. The summed E-state index contributed by atoms with van der Waals surface area (Å²) in [5, 5.41) is 0.360. The highest BCUT2D eigenvalue weighted by atomic mass is 35.5. The number of rotatable bonds is 6. The zero-order valence-electron chi connectivity index (χ0n) is 16.3. The first-order chi connectivity index (χ1) is 13.8. The molecule has 0 N–H and O–H groups in total. The maximum Gasteiger partial charge on any atom is 0.265 e. The van der Waals surface area contributed by atoms with Crippen LogP contribution < -0.4 is 9.04 Å². The van der Waals surface area contributed by atoms with Crippen molar-refractivity contribution in [2.24, 2.45) is 0 Å². The molecule has 7 heteroatoms. The second-order valence-corrected chi connectivity index (χ2v) is 8.78. The molecule has 152 valence electrons. The van der Waals surface area contributed by atoms with Gasteiger partial charge in [0, 0.05) is 5.02 Å². The second kappa shape index (κ2) is 8.43. The average molecular weight is 434 g/mol. The van der Waals surface area contributed by atoms with Gasteiger partial charge in [-0.25, -0.2) is 12.8 Å². The summed E-state index contributed by atoms with van der Waals surface area (Å²) in [6.07, 6.45) is 0. The van der Waals surface area contributed by atoms with Crippen LogP contribution in [-0.4, -0.2) is 15.5 Å². The van der Waals surface area contributed by atoms with Crippen LogP contribution in [-0.2, 0) is 10.0 Å². The van der Waals surface area contributed by atoms with E-state index in [9.17, 15) is 12.8 Å². The number of benzene rings is 3. The first-order valence-corrected chi connectivity index (χ1v) is 10.8. The minimum absolute atomic E-state index is 0.101. The van der Waals surface area contributed by atoms with Crippen LogP contribution in [0.4, 0.5) is 10.1 Å². The van der Waals surface area contributed by atoms with Crippen molar-refractivity contribution in [2.45, 2.75) is 24.8 Å². The van der Waals surface area contributed by atoms with Crippen molar-refractivity contribution in [3.8, 4) is 5.75 Å². The van der Waals surface area contributed by atoms with E-state index in [0.717, 1.165) is 5.56 Å². The maximum absolute atomic E-state index is 13.7. The summed E-state index contributed by atoms with van der Waals surface area (Å²) in [5.74, 6) is 0.170. The standard InChI is InChI=1S/C22H21ClFNO3S/c1-15-21(23)8-5-9-22(15)29(26,27)25(19-12-10-18(24)11-13-19)16(2)17-6-4-7-20(14-17)28-3/h4-14,16H,1-3H3. The van der Waals surface area contributed by atoms with Gasteiger partial charge in [0.1, 0.15) is 11.6 Å². The van der Waals surface area contributed by atoms with E-state index in [-0.39, 0.29) is 4.90 Å². The third kappa shape index (κ3) is 4.23. The van der Waals surface area contributed by atoms with E-state index in [1.807, 2.05) is 6.07 Å². The second-order valence-electron chi connectivity index (χ2n) is 6.59. The molecule has 29 heavy (non-hydrogen) atoms. The van der Waals surface area contributed by atoms with Gasteiger partial charge in [-0.05, 0) is 73.5 Å². The van der Waals surface area contributed by atoms with Gasteiger partial charge in [-0.3, -0.25) is 4.31 Å². The molecule has 3 aromatic carbocycles. The third-order valence-corrected chi connectivity index (χ3v) is 7.22. The van der Waals surface area contributed by atoms with Gasteiger partial charge >= 0.3 is 0 Å². The molecular formula is C22H21ClFNO3S. The van der Waals surface area contributed by atoms with Crippen molar-refractivity contribution >= 4 is 27.3 Å². The molecule has 0 aromatic heterocycles. The van der Waals surface area contributed by atoms with Gasteiger partial charge in [-0.15, -0.1) is 0 Å². The number of halogens is 2. The van der Waals surface area contributed by atoms with E-state index in [0.29, 0.717) is 22.0 Å². The highest BCUT2D eigenvalue weighted by molar-refractivity contribution is 7.93. The Bertz CT molecular complexity index is 1120. The zero-order valence-corrected chi connectivity index (χ0v) is 17.8. The van der Waals surface area contributed by atoms with Crippen molar-refractivity contribution in [3.63, 3.8) is 0 Å². The molecule has 0 aliphatic rings. The van der Waals surface area contributed by atoms with E-state index in [1.165, 1.54) is 34.6 Å². The maximum atomic E-state index is 13.7. The number of ether oxygens (including phenoxy) is 1. The molecule has 1 unspecified atom stereocenters. The number of sulfonamides is 1. The monoisotopic (exact) mass is 433 g/mol. The van der Waals surface area contributed by atoms with Gasteiger partial charge in [-0.1, -0.05) is 29.8 Å². The molecule has 0 bridgehead atoms. The number of nitrogens with zero attached hydrogens (tertiary/aromatic N) is 1. The van der Waals surface area contributed by atoms with Gasteiger partial charge in [0.15, 0.2) is 0 Å². The number of methoxy groups -OCH3 is 1. The van der Waals surface area contributed by atoms with Crippen molar-refractivity contribution in [1.29, 1.82) is 0 Å². The van der Waals surface area contributed by atoms with Crippen LogP contribution in [0.5, 0.6) is 5.75 Å². The van der Waals surface area contributed by atoms with Gasteiger partial charge in [0.2, 0.25) is 0 Å². The Morgan fingerprint density at radius 1 is 1.03 bits per heavy atom. The van der Waals surface area contributed by atoms with Gasteiger partial charge < -0.3 is 4.74 Å². The highest BCUT2D eigenvalue weighted by Crippen LogP contribution is 2.36. The first-order valence-electron chi connectivity index (χ1n) is 8.94. The summed E-state index contributed by atoms with van der Waals surface area (Å²) in [6.45, 7) is 3.43. The molecule has 0 saturated heterocycles. The lowest BCUT2D eigenvalue weighted by Crippen LogP contribution is -2.34. The summed E-state index contributed by atoms with van der Waals surface area (Å²) < 4.78 is 47.5. The van der Waals surface area contributed by atoms with Crippen LogP contribution in [0.15, 0.2) is 71.6 Å². The van der Waals surface area contributed by atoms with Gasteiger partial charge in [-0.2, -0.15) is 0 Å². The largest absolute Gasteiger partial charge is 0.497 e. The Kier molecular flexibility index (Phi) is 6.15. The Balaban J connectivity index is 2.20. The van der Waals surface area contributed by atoms with Crippen molar-refractivity contribution in [1.82, 2.24) is 0 Å². The lowest BCUT2D eigenvalue weighted by molar-refractivity contribution is 0.414. The lowest BCUT2D eigenvalue weighted by atomic mass is 10.1. The van der Waals surface area contributed by atoms with Crippen LogP contribution in [0, 0.1) is 12.7 Å². The summed E-state index contributed by atoms with van der Waals surface area (Å²) in [4.78, 5) is 0.101. The normalized spacial score (nSPS) is 12.4. The predicted molar refractivity (Wildman–Crippen MR) is 114 cm³/mol. The Morgan fingerprint density at radius 3 is 2.34 bits per heavy atom. The lowest BCUT2D eigenvalue weighted by Gasteiger charge is -2.31. The molecule has 0 aliphatic carbocycles. The van der Waals surface area contributed by atoms with Crippen molar-refractivity contribution in [3.05, 3.63) is 88.7 Å². The third-order valence-electron chi connectivity index (χ3n) is 4.76. The smallest absolute Gasteiger partial charge is 0.265 e. The fourth-order valence-electron chi connectivity index (χ4n) is 3.17. The predicted octanol–water partition coefficient (Wildman–Crippen LogP) is 5.75. The molecule has 4 nitrogen and oxygen atoms in total. The van der Waals surface area contributed by atoms with Crippen LogP contribution in [0.2, 0.25) is 5.02 Å². The molecule has 0 fully saturated rings. The summed E-state index contributed by atoms with van der Waals surface area (Å²) in [6, 6.07) is 16.7. The minimum atomic E-state index is -4.00. The SMILES string of the molecule is COc1cccc(C(C)N(c2ccc(F)cc2)S(=O)(=O)c2cccc(Cl)c2C)c1. The Labute approximate surface area is 175 Å². The molecule has 0 spiro atoms. The molecule has 0 amide bonds. The molecular weight excluding hydrogens is 413 g/mol. The summed E-state index contributed by atoms with van der Waals surface area (Å²) >= 11 is 6.18. The van der Waals surface area contributed by atoms with Gasteiger partial charge in [0.25, 0.3) is 10.0 Å². The summed E-state index contributed by atoms with van der Waals surface area (Å²) in [5.41, 5.74) is 1.54. The fourth-order valence-corrected chi connectivity index (χ4v) is 5.30. The topological polar surface area (TPSA) is 46.6 Å². The minimum Gasteiger partial charge on any atom is -0.497 e. The molecule has 0 saturated carbocycles. The summed E-state index contributed by atoms with van der Waals surface area (Å²) in [7, 11) is -2.45. The number of hydrogen-bond donors (Lipinski definition) is 0. The van der Waals surface area contributed by atoms with E-state index < -0.39 is 21.9 Å². The van der Waals surface area contributed by atoms with E-state index in [2.05, 4.69) is 0 Å². The van der Waals surface area contributed by atoms with Crippen LogP contribution >= 0.6 is 11.6 Å². The van der Waals surface area contributed by atoms with Crippen molar-refractivity contribution < 1.29 is 17.5 Å². The quantitative estimate of drug-likeness (QED) is 0.497. The molecule has 3 rings (SSSR count). The Hall–Kier alpha value is -2.57. The number of anilines is 1. The van der Waals surface area contributed by atoms with Crippen LogP contribution in [0.3, 0.4) is 0 Å². The van der Waals surface area contributed by atoms with Crippen LogP contribution in [0.1, 0.15) is 24.1 Å². The van der Waals surface area contributed by atoms with E-state index >= 15 is 0 Å². The molecule has 0 radical (unpaired) electrons. The van der Waals surface area contributed by atoms with Gasteiger partial charge in [0.05, 0.1) is 23.7 Å². The molecule has 1 atom stereocenters. The molecule has 3 aromatic rings. The zero-order chi connectivity index (χ0) is 21.2. The van der Waals surface area contributed by atoms with E-state index in [1.54, 1.807) is 51.3 Å². The fraction of sp³-hybridized carbons (Fsp3) is 0.182. The van der Waals surface area contributed by atoms with Crippen LogP contribution in [0.25, 0.3) is 0 Å². The molecule has 0 heterocycles. The van der Waals surface area contributed by atoms with E-state index in [4.69, 9.17) is 16.3 Å². The molecule has 0 aliphatic heterocycles. The number of hydrogen-bond acceptors (Lipinski definition) is 3.